The van der Waals surface area contributed by atoms with E-state index in [4.69, 9.17) is 11.6 Å². The van der Waals surface area contributed by atoms with Crippen molar-refractivity contribution in [2.24, 2.45) is 0 Å². The first kappa shape index (κ1) is 20.0. The summed E-state index contributed by atoms with van der Waals surface area (Å²) in [5.74, 6) is 0. The Morgan fingerprint density at radius 3 is 2.07 bits per heavy atom. The molecule has 0 rings (SSSR count). The Hall–Kier alpha value is -0.530. The minimum atomic E-state index is 0.292. The van der Waals surface area contributed by atoms with Gasteiger partial charge in [-0.3, -0.25) is 0 Å². The normalized spacial score (nSPS) is 9.20. The lowest BCUT2D eigenvalue weighted by molar-refractivity contribution is 0.254. The van der Waals surface area contributed by atoms with Crippen LogP contribution in [0.2, 0.25) is 0 Å². The summed E-state index contributed by atoms with van der Waals surface area (Å²) in [6, 6.07) is 0.292. The third kappa shape index (κ3) is 31.8. The van der Waals surface area contributed by atoms with Crippen LogP contribution in [-0.2, 0) is 4.74 Å². The van der Waals surface area contributed by atoms with Crippen LogP contribution in [0.5, 0.6) is 0 Å². The molecule has 0 bridgehead atoms. The SMILES string of the molecule is C=C(/C=C\C=C/C)CC.CC.COCCl. The van der Waals surface area contributed by atoms with Gasteiger partial charge in [-0.2, -0.15) is 0 Å². The van der Waals surface area contributed by atoms with Gasteiger partial charge < -0.3 is 4.74 Å². The number of halogens is 1. The second-order valence-corrected chi connectivity index (χ2v) is 2.51. The predicted molar refractivity (Wildman–Crippen MR) is 72.5 cm³/mol. The molecule has 0 heterocycles. The van der Waals surface area contributed by atoms with E-state index >= 15 is 0 Å². The van der Waals surface area contributed by atoms with Crippen molar-refractivity contribution in [1.82, 2.24) is 0 Å². The fourth-order valence-electron chi connectivity index (χ4n) is 0.421. The summed E-state index contributed by atoms with van der Waals surface area (Å²) in [4.78, 5) is 0. The van der Waals surface area contributed by atoms with E-state index in [-0.39, 0.29) is 0 Å². The van der Waals surface area contributed by atoms with Crippen molar-refractivity contribution in [2.75, 3.05) is 13.2 Å². The Labute approximate surface area is 100 Å². The van der Waals surface area contributed by atoms with Crippen molar-refractivity contribution in [2.45, 2.75) is 34.1 Å². The highest BCUT2D eigenvalue weighted by Gasteiger charge is 1.76. The average molecular weight is 233 g/mol. The number of allylic oxidation sites excluding steroid dienone is 5. The third-order valence-corrected chi connectivity index (χ3v) is 1.42. The molecule has 0 aromatic carbocycles. The maximum atomic E-state index is 4.96. The first-order chi connectivity index (χ1) is 7.22. The van der Waals surface area contributed by atoms with Crippen molar-refractivity contribution in [3.05, 3.63) is 36.5 Å². The predicted octanol–water partition coefficient (Wildman–Crippen LogP) is 4.94. The van der Waals surface area contributed by atoms with Gasteiger partial charge in [0.25, 0.3) is 0 Å². The summed E-state index contributed by atoms with van der Waals surface area (Å²) in [5.41, 5.74) is 1.17. The van der Waals surface area contributed by atoms with Gasteiger partial charge in [0, 0.05) is 7.11 Å². The summed E-state index contributed by atoms with van der Waals surface area (Å²) in [6.45, 7) is 11.9. The molecule has 0 spiro atoms. The van der Waals surface area contributed by atoms with Gasteiger partial charge in [-0.05, 0) is 13.3 Å². The summed E-state index contributed by atoms with van der Waals surface area (Å²) in [7, 11) is 1.55. The molecule has 0 saturated heterocycles. The van der Waals surface area contributed by atoms with Gasteiger partial charge in [-0.15, -0.1) is 0 Å². The largest absolute Gasteiger partial charge is 0.369 e. The Balaban J connectivity index is -0.000000202. The number of rotatable bonds is 4. The molecule has 0 aromatic heterocycles. The Kier molecular flexibility index (Phi) is 31.1. The molecule has 0 unspecified atom stereocenters. The minimum Gasteiger partial charge on any atom is -0.369 e. The topological polar surface area (TPSA) is 9.23 Å². The Morgan fingerprint density at radius 2 is 1.80 bits per heavy atom. The molecule has 15 heavy (non-hydrogen) atoms. The monoisotopic (exact) mass is 232 g/mol. The molecule has 0 N–H and O–H groups in total. The molecule has 0 aliphatic rings. The van der Waals surface area contributed by atoms with Gasteiger partial charge in [-0.25, -0.2) is 0 Å². The number of ether oxygens (including phenoxy) is 1. The quantitative estimate of drug-likeness (QED) is 0.493. The summed E-state index contributed by atoms with van der Waals surface area (Å²) < 4.78 is 4.31. The maximum absolute atomic E-state index is 4.96. The van der Waals surface area contributed by atoms with E-state index < -0.39 is 0 Å². The molecular weight excluding hydrogens is 208 g/mol. The first-order valence-electron chi connectivity index (χ1n) is 5.24. The van der Waals surface area contributed by atoms with Crippen molar-refractivity contribution < 1.29 is 4.74 Å². The summed E-state index contributed by atoms with van der Waals surface area (Å²) in [6.07, 6.45) is 9.07. The first-order valence-corrected chi connectivity index (χ1v) is 5.78. The number of hydrogen-bond donors (Lipinski definition) is 0. The van der Waals surface area contributed by atoms with Gasteiger partial charge in [0.05, 0.1) is 0 Å². The zero-order valence-electron chi connectivity index (χ0n) is 10.7. The molecule has 0 aromatic rings. The fourth-order valence-corrected chi connectivity index (χ4v) is 0.421. The number of methoxy groups -OCH3 is 1. The minimum absolute atomic E-state index is 0.292. The molecule has 0 saturated carbocycles. The number of alkyl halides is 1. The molecule has 2 heteroatoms. The Bertz CT molecular complexity index is 158. The van der Waals surface area contributed by atoms with Crippen LogP contribution < -0.4 is 0 Å². The van der Waals surface area contributed by atoms with Crippen molar-refractivity contribution in [3.8, 4) is 0 Å². The zero-order chi connectivity index (χ0) is 12.5. The summed E-state index contributed by atoms with van der Waals surface area (Å²) >= 11 is 4.96. The highest BCUT2D eigenvalue weighted by Crippen LogP contribution is 1.97. The van der Waals surface area contributed by atoms with Crippen molar-refractivity contribution in [3.63, 3.8) is 0 Å². The average Bonchev–Trinajstić information content (AvgIpc) is 2.32. The lowest BCUT2D eigenvalue weighted by Gasteiger charge is -1.86. The molecule has 1 nitrogen and oxygen atoms in total. The van der Waals surface area contributed by atoms with Crippen LogP contribution in [0.1, 0.15) is 34.1 Å². The molecule has 0 fully saturated rings. The van der Waals surface area contributed by atoms with E-state index in [9.17, 15) is 0 Å². The van der Waals surface area contributed by atoms with E-state index in [1.54, 1.807) is 7.11 Å². The third-order valence-electron chi connectivity index (χ3n) is 1.20. The standard InChI is InChI=1S/C9H14.C2H5ClO.C2H6/c1-4-6-7-8-9(3)5-2;1-4-2-3;1-2/h4,6-8H,3,5H2,1-2H3;2H2,1H3;1-2H3/b6-4-,8-7-;;. The molecule has 0 amide bonds. The van der Waals surface area contributed by atoms with Gasteiger partial charge in [0.15, 0.2) is 0 Å². The van der Waals surface area contributed by atoms with Crippen LogP contribution in [-0.4, -0.2) is 13.2 Å². The second-order valence-electron chi connectivity index (χ2n) is 2.29. The molecular formula is C13H25ClO. The van der Waals surface area contributed by atoms with E-state index in [1.807, 2.05) is 45.1 Å². The van der Waals surface area contributed by atoms with E-state index in [0.29, 0.717) is 6.07 Å². The molecule has 0 aliphatic heterocycles. The van der Waals surface area contributed by atoms with Gasteiger partial charge in [-0.1, -0.05) is 68.8 Å². The van der Waals surface area contributed by atoms with Crippen molar-refractivity contribution in [1.29, 1.82) is 0 Å². The smallest absolute Gasteiger partial charge is 0.120 e. The molecule has 0 radical (unpaired) electrons. The fraction of sp³-hybridized carbons (Fsp3) is 0.538. The van der Waals surface area contributed by atoms with Gasteiger partial charge >= 0.3 is 0 Å². The molecule has 0 aliphatic carbocycles. The molecule has 0 atom stereocenters. The second kappa shape index (κ2) is 23.4. The van der Waals surface area contributed by atoms with Crippen LogP contribution in [0.25, 0.3) is 0 Å². The van der Waals surface area contributed by atoms with Gasteiger partial charge in [0.1, 0.15) is 6.07 Å². The van der Waals surface area contributed by atoms with Gasteiger partial charge in [0.2, 0.25) is 0 Å². The zero-order valence-corrected chi connectivity index (χ0v) is 11.5. The van der Waals surface area contributed by atoms with E-state index in [1.165, 1.54) is 5.57 Å². The van der Waals surface area contributed by atoms with E-state index in [2.05, 4.69) is 18.2 Å². The lowest BCUT2D eigenvalue weighted by atomic mass is 10.2. The molecule has 90 valence electrons. The van der Waals surface area contributed by atoms with Crippen LogP contribution in [0.4, 0.5) is 0 Å². The van der Waals surface area contributed by atoms with E-state index in [0.717, 1.165) is 6.42 Å². The maximum Gasteiger partial charge on any atom is 0.120 e. The highest BCUT2D eigenvalue weighted by atomic mass is 35.5. The number of hydrogen-bond acceptors (Lipinski definition) is 1. The van der Waals surface area contributed by atoms with Crippen molar-refractivity contribution >= 4 is 11.6 Å². The van der Waals surface area contributed by atoms with Crippen LogP contribution >= 0.6 is 11.6 Å². The van der Waals surface area contributed by atoms with Crippen LogP contribution in [0, 0.1) is 0 Å². The Morgan fingerprint density at radius 1 is 1.33 bits per heavy atom. The van der Waals surface area contributed by atoms with Crippen LogP contribution in [0.15, 0.2) is 36.5 Å². The highest BCUT2D eigenvalue weighted by molar-refractivity contribution is 6.17. The summed E-state index contributed by atoms with van der Waals surface area (Å²) in [5, 5.41) is 0. The van der Waals surface area contributed by atoms with Crippen LogP contribution in [0.3, 0.4) is 0 Å². The lowest BCUT2D eigenvalue weighted by Crippen LogP contribution is -1.68.